The summed E-state index contributed by atoms with van der Waals surface area (Å²) in [6, 6.07) is 7.80. The molecule has 1 aromatic rings. The summed E-state index contributed by atoms with van der Waals surface area (Å²) in [7, 11) is 0. The van der Waals surface area contributed by atoms with Gasteiger partial charge >= 0.3 is 0 Å². The lowest BCUT2D eigenvalue weighted by Gasteiger charge is -2.37. The van der Waals surface area contributed by atoms with E-state index in [4.69, 9.17) is 0 Å². The third-order valence-corrected chi connectivity index (χ3v) is 4.66. The van der Waals surface area contributed by atoms with Gasteiger partial charge in [-0.3, -0.25) is 4.79 Å². The van der Waals surface area contributed by atoms with Gasteiger partial charge in [0.2, 0.25) is 5.91 Å². The summed E-state index contributed by atoms with van der Waals surface area (Å²) < 4.78 is 27.6. The molecule has 4 heteroatoms. The van der Waals surface area contributed by atoms with Crippen molar-refractivity contribution in [2.75, 3.05) is 13.1 Å². The van der Waals surface area contributed by atoms with E-state index in [1.807, 2.05) is 31.2 Å². The number of fused-ring (bicyclic) bond motifs is 2. The van der Waals surface area contributed by atoms with Gasteiger partial charge in [0.15, 0.2) is 0 Å². The predicted octanol–water partition coefficient (Wildman–Crippen LogP) is 3.04. The summed E-state index contributed by atoms with van der Waals surface area (Å²) in [6.45, 7) is 2.43. The van der Waals surface area contributed by atoms with Gasteiger partial charge in [0.1, 0.15) is 0 Å². The van der Waals surface area contributed by atoms with Gasteiger partial charge in [-0.25, -0.2) is 8.78 Å². The highest BCUT2D eigenvalue weighted by Crippen LogP contribution is 2.48. The van der Waals surface area contributed by atoms with Crippen molar-refractivity contribution < 1.29 is 13.6 Å². The van der Waals surface area contributed by atoms with Crippen LogP contribution in [-0.4, -0.2) is 29.8 Å². The second-order valence-corrected chi connectivity index (χ2v) is 6.11. The summed E-state index contributed by atoms with van der Waals surface area (Å²) in [5, 5.41) is 0. The Kier molecular flexibility index (Phi) is 3.27. The number of rotatable bonds is 2. The topological polar surface area (TPSA) is 20.3 Å². The van der Waals surface area contributed by atoms with Crippen LogP contribution in [0, 0.1) is 18.8 Å². The van der Waals surface area contributed by atoms with Crippen LogP contribution in [0.5, 0.6) is 0 Å². The molecule has 2 aliphatic rings. The highest BCUT2D eigenvalue weighted by atomic mass is 19.3. The third kappa shape index (κ3) is 2.32. The molecule has 1 heterocycles. The molecule has 1 aliphatic carbocycles. The molecule has 1 saturated heterocycles. The number of carbonyl (C=O) groups excluding carboxylic acids is 1. The van der Waals surface area contributed by atoms with Crippen molar-refractivity contribution in [3.05, 3.63) is 35.4 Å². The number of piperidine rings is 1. The van der Waals surface area contributed by atoms with Crippen molar-refractivity contribution in [2.24, 2.45) is 11.8 Å². The number of nitrogens with zero attached hydrogens (tertiary/aromatic N) is 1. The van der Waals surface area contributed by atoms with E-state index >= 15 is 0 Å². The number of carbonyl (C=O) groups is 1. The van der Waals surface area contributed by atoms with Gasteiger partial charge < -0.3 is 4.90 Å². The second kappa shape index (κ2) is 4.83. The van der Waals surface area contributed by atoms with Gasteiger partial charge in [0.25, 0.3) is 5.92 Å². The molecule has 1 amide bonds. The molecule has 1 saturated carbocycles. The predicted molar refractivity (Wildman–Crippen MR) is 72.6 cm³/mol. The lowest BCUT2D eigenvalue weighted by molar-refractivity contribution is -0.148. The molecule has 2 bridgehead atoms. The van der Waals surface area contributed by atoms with Crippen molar-refractivity contribution in [1.29, 1.82) is 0 Å². The summed E-state index contributed by atoms with van der Waals surface area (Å²) in [4.78, 5) is 13.9. The molecular formula is C16H19F2NO. The SMILES string of the molecule is Cc1ccc(CC(=O)N2CC3CCC(C2)C3(F)F)cc1. The summed E-state index contributed by atoms with van der Waals surface area (Å²) in [5.41, 5.74) is 2.10. The first-order chi connectivity index (χ1) is 9.46. The largest absolute Gasteiger partial charge is 0.341 e. The maximum absolute atomic E-state index is 13.8. The lowest BCUT2D eigenvalue weighted by atomic mass is 9.93. The highest BCUT2D eigenvalue weighted by Gasteiger charge is 2.56. The van der Waals surface area contributed by atoms with Gasteiger partial charge in [-0.1, -0.05) is 29.8 Å². The molecule has 0 radical (unpaired) electrons. The molecule has 20 heavy (non-hydrogen) atoms. The number of hydrogen-bond donors (Lipinski definition) is 0. The maximum atomic E-state index is 13.8. The van der Waals surface area contributed by atoms with Crippen LogP contribution in [-0.2, 0) is 11.2 Å². The normalized spacial score (nSPS) is 27.6. The molecule has 1 aliphatic heterocycles. The second-order valence-electron chi connectivity index (χ2n) is 6.11. The third-order valence-electron chi connectivity index (χ3n) is 4.66. The fourth-order valence-corrected chi connectivity index (χ4v) is 3.35. The Balaban J connectivity index is 1.66. The maximum Gasteiger partial charge on any atom is 0.257 e. The average Bonchev–Trinajstić information content (AvgIpc) is 2.60. The Morgan fingerprint density at radius 1 is 1.20 bits per heavy atom. The van der Waals surface area contributed by atoms with Crippen LogP contribution in [0.4, 0.5) is 8.78 Å². The molecular weight excluding hydrogens is 260 g/mol. The zero-order chi connectivity index (χ0) is 14.3. The van der Waals surface area contributed by atoms with Gasteiger partial charge in [-0.2, -0.15) is 0 Å². The van der Waals surface area contributed by atoms with Crippen molar-refractivity contribution in [2.45, 2.75) is 32.1 Å². The van der Waals surface area contributed by atoms with Crippen molar-refractivity contribution in [3.63, 3.8) is 0 Å². The zero-order valence-electron chi connectivity index (χ0n) is 11.6. The first-order valence-corrected chi connectivity index (χ1v) is 7.18. The fraction of sp³-hybridized carbons (Fsp3) is 0.562. The molecule has 0 aromatic heterocycles. The Morgan fingerprint density at radius 2 is 1.75 bits per heavy atom. The first-order valence-electron chi connectivity index (χ1n) is 7.18. The van der Waals surface area contributed by atoms with Crippen LogP contribution in [0.15, 0.2) is 24.3 Å². The molecule has 0 spiro atoms. The monoisotopic (exact) mass is 279 g/mol. The molecule has 2 nitrogen and oxygen atoms in total. The number of halogens is 2. The molecule has 1 aromatic carbocycles. The van der Waals surface area contributed by atoms with Crippen molar-refractivity contribution in [3.8, 4) is 0 Å². The van der Waals surface area contributed by atoms with Crippen LogP contribution in [0.25, 0.3) is 0 Å². The van der Waals surface area contributed by atoms with Crippen LogP contribution in [0.3, 0.4) is 0 Å². The van der Waals surface area contributed by atoms with Gasteiger partial charge in [-0.15, -0.1) is 0 Å². The fourth-order valence-electron chi connectivity index (χ4n) is 3.35. The minimum atomic E-state index is -2.57. The molecule has 3 rings (SSSR count). The smallest absolute Gasteiger partial charge is 0.257 e. The summed E-state index contributed by atoms with van der Waals surface area (Å²) >= 11 is 0. The van der Waals surface area contributed by atoms with Crippen LogP contribution in [0.2, 0.25) is 0 Å². The molecule has 0 N–H and O–H groups in total. The summed E-state index contributed by atoms with van der Waals surface area (Å²) in [6.07, 6.45) is 1.41. The molecule has 2 fully saturated rings. The number of hydrogen-bond acceptors (Lipinski definition) is 1. The van der Waals surface area contributed by atoms with Crippen LogP contribution in [0.1, 0.15) is 24.0 Å². The Bertz CT molecular complexity index is 496. The van der Waals surface area contributed by atoms with E-state index in [1.54, 1.807) is 4.90 Å². The number of alkyl halides is 2. The molecule has 2 unspecified atom stereocenters. The van der Waals surface area contributed by atoms with E-state index in [0.29, 0.717) is 19.3 Å². The van der Waals surface area contributed by atoms with Gasteiger partial charge in [0, 0.05) is 24.9 Å². The average molecular weight is 279 g/mol. The Hall–Kier alpha value is -1.45. The number of amides is 1. The van der Waals surface area contributed by atoms with Gasteiger partial charge in [0.05, 0.1) is 6.42 Å². The molecule has 108 valence electrons. The van der Waals surface area contributed by atoms with E-state index in [2.05, 4.69) is 0 Å². The van der Waals surface area contributed by atoms with E-state index < -0.39 is 17.8 Å². The minimum absolute atomic E-state index is 0.0266. The standard InChI is InChI=1S/C16H19F2NO/c1-11-2-4-12(5-3-11)8-15(20)19-9-13-6-7-14(10-19)16(13,17)18/h2-5,13-14H,6-10H2,1H3. The Labute approximate surface area is 117 Å². The number of likely N-dealkylation sites (tertiary alicyclic amines) is 1. The van der Waals surface area contributed by atoms with Crippen molar-refractivity contribution >= 4 is 5.91 Å². The van der Waals surface area contributed by atoms with Crippen LogP contribution >= 0.6 is 0 Å². The summed E-state index contributed by atoms with van der Waals surface area (Å²) in [5.74, 6) is -3.87. The Morgan fingerprint density at radius 3 is 2.30 bits per heavy atom. The molecule has 2 atom stereocenters. The van der Waals surface area contributed by atoms with Crippen LogP contribution < -0.4 is 0 Å². The van der Waals surface area contributed by atoms with E-state index in [0.717, 1.165) is 11.1 Å². The zero-order valence-corrected chi connectivity index (χ0v) is 11.6. The highest BCUT2D eigenvalue weighted by molar-refractivity contribution is 5.79. The first kappa shape index (κ1) is 13.5. The number of benzene rings is 1. The lowest BCUT2D eigenvalue weighted by Crippen LogP contribution is -2.51. The number of aryl methyl sites for hydroxylation is 1. The quantitative estimate of drug-likeness (QED) is 0.815. The van der Waals surface area contributed by atoms with Crippen molar-refractivity contribution in [1.82, 2.24) is 4.90 Å². The van der Waals surface area contributed by atoms with E-state index in [9.17, 15) is 13.6 Å². The minimum Gasteiger partial charge on any atom is -0.341 e. The van der Waals surface area contributed by atoms with E-state index in [-0.39, 0.29) is 19.0 Å². The van der Waals surface area contributed by atoms with E-state index in [1.165, 1.54) is 0 Å². The van der Waals surface area contributed by atoms with Gasteiger partial charge in [-0.05, 0) is 25.3 Å².